The number of aromatic nitrogens is 3. The van der Waals surface area contributed by atoms with E-state index in [1.165, 1.54) is 12.4 Å². The largest absolute Gasteiger partial charge is 0.169 e. The van der Waals surface area contributed by atoms with Gasteiger partial charge in [-0.2, -0.15) is 0 Å². The molecule has 0 atom stereocenters. The zero-order valence-corrected chi connectivity index (χ0v) is 3.53. The molecule has 0 aromatic carbocycles. The number of aromatic amines is 1. The van der Waals surface area contributed by atoms with Crippen molar-refractivity contribution in [2.24, 2.45) is 0 Å². The van der Waals surface area contributed by atoms with Gasteiger partial charge in [0.2, 0.25) is 0 Å². The summed E-state index contributed by atoms with van der Waals surface area (Å²) in [6.45, 7) is 0. The second-order valence-electron chi connectivity index (χ2n) is 1.05. The van der Waals surface area contributed by atoms with Crippen molar-refractivity contribution in [1.29, 1.82) is 0 Å². The molecular formula is C3H4N3O+. The monoisotopic (exact) mass is 98.0 g/mol. The van der Waals surface area contributed by atoms with Gasteiger partial charge in [-0.15, -0.1) is 0 Å². The topological polar surface area (TPSA) is 51.6 Å². The molecule has 7 heavy (non-hydrogen) atoms. The Balaban J connectivity index is 3.28. The molecule has 1 aromatic heterocycles. The highest BCUT2D eigenvalue weighted by atomic mass is 16.3. The molecule has 4 heteroatoms. The molecule has 0 spiro atoms. The van der Waals surface area contributed by atoms with Gasteiger partial charge >= 0.3 is 0 Å². The van der Waals surface area contributed by atoms with Crippen LogP contribution in [-0.4, -0.2) is 10.3 Å². The number of H-pyrrole nitrogens is 1. The Morgan fingerprint density at radius 1 is 1.71 bits per heavy atom. The minimum atomic E-state index is 0.514. The van der Waals surface area contributed by atoms with E-state index in [4.69, 9.17) is 0 Å². The highest BCUT2D eigenvalue weighted by Gasteiger charge is 1.77. The van der Waals surface area contributed by atoms with Crippen molar-refractivity contribution < 1.29 is 4.54 Å². The zero-order chi connectivity index (χ0) is 5.11. The van der Waals surface area contributed by atoms with E-state index in [2.05, 4.69) is 10.3 Å². The average molecular weight is 98.1 g/mol. The number of nitrogens with one attached hydrogen (secondary N) is 1. The Labute approximate surface area is 39.4 Å². The number of nitrogens with zero attached hydrogens (tertiary/aromatic N) is 2. The molecule has 0 amide bonds. The van der Waals surface area contributed by atoms with Crippen LogP contribution in [0.5, 0.6) is 0 Å². The molecule has 1 aromatic rings. The maximum atomic E-state index is 10.1. The Morgan fingerprint density at radius 2 is 2.57 bits per heavy atom. The number of hydrogen-bond donors (Lipinski definition) is 1. The van der Waals surface area contributed by atoms with Crippen LogP contribution >= 0.6 is 0 Å². The van der Waals surface area contributed by atoms with E-state index in [9.17, 15) is 4.91 Å². The van der Waals surface area contributed by atoms with E-state index >= 15 is 0 Å². The van der Waals surface area contributed by atoms with Crippen LogP contribution in [0, 0.1) is 4.91 Å². The van der Waals surface area contributed by atoms with Crippen molar-refractivity contribution in [3.8, 4) is 0 Å². The van der Waals surface area contributed by atoms with Gasteiger partial charge in [0.1, 0.15) is 0 Å². The summed E-state index contributed by atoms with van der Waals surface area (Å²) in [4.78, 5) is 10.1. The predicted molar refractivity (Wildman–Crippen MR) is 22.0 cm³/mol. The molecule has 0 saturated carbocycles. The lowest BCUT2D eigenvalue weighted by Gasteiger charge is -1.62. The summed E-state index contributed by atoms with van der Waals surface area (Å²) in [5.41, 5.74) is 0. The van der Waals surface area contributed by atoms with E-state index in [0.29, 0.717) is 4.54 Å². The Morgan fingerprint density at radius 3 is 2.86 bits per heavy atom. The van der Waals surface area contributed by atoms with Crippen LogP contribution in [0.3, 0.4) is 0 Å². The third-order valence-corrected chi connectivity index (χ3v) is 0.538. The smallest absolute Gasteiger partial charge is 0.0379 e. The molecule has 4 nitrogen and oxygen atoms in total. The summed E-state index contributed by atoms with van der Waals surface area (Å²) in [6, 6.07) is 1.55. The summed E-state index contributed by atoms with van der Waals surface area (Å²) >= 11 is 0. The van der Waals surface area contributed by atoms with Crippen molar-refractivity contribution in [2.45, 2.75) is 0 Å². The van der Waals surface area contributed by atoms with Crippen LogP contribution in [0.15, 0.2) is 18.5 Å². The molecule has 1 rings (SSSR count). The summed E-state index contributed by atoms with van der Waals surface area (Å²) in [5, 5.41) is 5.55. The molecule has 0 unspecified atom stereocenters. The van der Waals surface area contributed by atoms with Crippen molar-refractivity contribution >= 4 is 0 Å². The number of hydrogen-bond acceptors (Lipinski definition) is 2. The lowest BCUT2D eigenvalue weighted by molar-refractivity contribution is -0.571. The normalized spacial score (nSPS) is 8.57. The minimum Gasteiger partial charge on any atom is -0.0379 e. The average Bonchev–Trinajstić information content (AvgIpc) is 1.69. The van der Waals surface area contributed by atoms with Crippen LogP contribution in [-0.2, 0) is 0 Å². The summed E-state index contributed by atoms with van der Waals surface area (Å²) < 4.78 is 0.514. The van der Waals surface area contributed by atoms with Crippen molar-refractivity contribution in [3.05, 3.63) is 23.4 Å². The van der Waals surface area contributed by atoms with Gasteiger partial charge in [-0.25, -0.2) is 0 Å². The van der Waals surface area contributed by atoms with Gasteiger partial charge in [0.05, 0.1) is 4.54 Å². The predicted octanol–water partition coefficient (Wildman–Crippen LogP) is -0.676. The first-order chi connectivity index (χ1) is 3.39. The van der Waals surface area contributed by atoms with Crippen LogP contribution in [0.25, 0.3) is 0 Å². The van der Waals surface area contributed by atoms with Crippen LogP contribution < -0.4 is 4.54 Å². The van der Waals surface area contributed by atoms with E-state index in [1.54, 1.807) is 6.07 Å². The fourth-order valence-corrected chi connectivity index (χ4v) is 0.283. The van der Waals surface area contributed by atoms with Crippen LogP contribution in [0.2, 0.25) is 0 Å². The fourth-order valence-electron chi connectivity index (χ4n) is 0.283. The lowest BCUT2D eigenvalue weighted by Crippen LogP contribution is -2.18. The summed E-state index contributed by atoms with van der Waals surface area (Å²) in [7, 11) is 0. The molecule has 0 aliphatic carbocycles. The SMILES string of the molecule is O=[n+]1cccn[nH]1. The third kappa shape index (κ3) is 0.819. The minimum absolute atomic E-state index is 0.514. The molecule has 0 aliphatic heterocycles. The molecule has 0 fully saturated rings. The van der Waals surface area contributed by atoms with Gasteiger partial charge in [0.15, 0.2) is 12.4 Å². The number of rotatable bonds is 0. The highest BCUT2D eigenvalue weighted by molar-refractivity contribution is 4.65. The van der Waals surface area contributed by atoms with Gasteiger partial charge in [-0.05, 0) is 10.1 Å². The zero-order valence-electron chi connectivity index (χ0n) is 3.53. The van der Waals surface area contributed by atoms with Crippen LogP contribution in [0.4, 0.5) is 0 Å². The van der Waals surface area contributed by atoms with Crippen molar-refractivity contribution in [2.75, 3.05) is 0 Å². The van der Waals surface area contributed by atoms with Crippen LogP contribution in [0.1, 0.15) is 0 Å². The molecule has 0 saturated heterocycles. The second kappa shape index (κ2) is 1.51. The highest BCUT2D eigenvalue weighted by Crippen LogP contribution is 1.58. The summed E-state index contributed by atoms with van der Waals surface area (Å²) in [6.07, 6.45) is 2.82. The molecule has 0 radical (unpaired) electrons. The van der Waals surface area contributed by atoms with E-state index in [-0.39, 0.29) is 0 Å². The fraction of sp³-hybridized carbons (Fsp3) is 0. The first kappa shape index (κ1) is 3.98. The quantitative estimate of drug-likeness (QED) is 0.437. The lowest BCUT2D eigenvalue weighted by atomic mass is 10.7. The first-order valence-corrected chi connectivity index (χ1v) is 1.81. The van der Waals surface area contributed by atoms with Gasteiger partial charge in [-0.1, -0.05) is 0 Å². The molecule has 36 valence electrons. The Bertz CT molecular complexity index is 176. The molecule has 1 heterocycles. The molecular weight excluding hydrogens is 94.1 g/mol. The maximum absolute atomic E-state index is 10.1. The van der Waals surface area contributed by atoms with Gasteiger partial charge in [0.25, 0.3) is 0 Å². The molecule has 0 aliphatic rings. The molecule has 0 bridgehead atoms. The standard InChI is InChI=1S/C3H4N3O/c7-6-3-1-2-4-5-6/h1-3H,(H,5,7)/q+1. The first-order valence-electron chi connectivity index (χ1n) is 1.81. The van der Waals surface area contributed by atoms with E-state index in [1.807, 2.05) is 0 Å². The summed E-state index contributed by atoms with van der Waals surface area (Å²) in [5.74, 6) is 0. The maximum Gasteiger partial charge on any atom is 0.169 e. The van der Waals surface area contributed by atoms with Gasteiger partial charge in [-0.3, -0.25) is 0 Å². The van der Waals surface area contributed by atoms with Gasteiger partial charge in [0, 0.05) is 11.2 Å². The second-order valence-corrected chi connectivity index (χ2v) is 1.05. The van der Waals surface area contributed by atoms with Crippen molar-refractivity contribution in [3.63, 3.8) is 0 Å². The third-order valence-electron chi connectivity index (χ3n) is 0.538. The Hall–Kier alpha value is -1.19. The molecule has 1 N–H and O–H groups in total. The van der Waals surface area contributed by atoms with E-state index in [0.717, 1.165) is 0 Å². The van der Waals surface area contributed by atoms with E-state index < -0.39 is 0 Å². The van der Waals surface area contributed by atoms with Gasteiger partial charge < -0.3 is 0 Å². The van der Waals surface area contributed by atoms with Crippen molar-refractivity contribution in [1.82, 2.24) is 10.3 Å². The Kier molecular flexibility index (Phi) is 0.856.